The molecule has 0 spiro atoms. The highest BCUT2D eigenvalue weighted by Gasteiger charge is 2.16. The molecule has 0 fully saturated rings. The van der Waals surface area contributed by atoms with Crippen molar-refractivity contribution in [3.05, 3.63) is 44.8 Å². The van der Waals surface area contributed by atoms with E-state index in [9.17, 15) is 0 Å². The van der Waals surface area contributed by atoms with Crippen LogP contribution < -0.4 is 10.5 Å². The van der Waals surface area contributed by atoms with Crippen LogP contribution in [0.2, 0.25) is 0 Å². The van der Waals surface area contributed by atoms with Gasteiger partial charge in [-0.2, -0.15) is 0 Å². The molecule has 2 N–H and O–H groups in total. The highest BCUT2D eigenvalue weighted by atomic mass is 79.9. The van der Waals surface area contributed by atoms with Crippen molar-refractivity contribution >= 4 is 27.3 Å². The van der Waals surface area contributed by atoms with Crippen molar-refractivity contribution in [2.45, 2.75) is 6.04 Å². The molecule has 0 radical (unpaired) electrons. The van der Waals surface area contributed by atoms with Gasteiger partial charge in [0.25, 0.3) is 0 Å². The molecule has 0 saturated carbocycles. The number of thiophene rings is 1. The molecular weight excluding hydrogens is 288 g/mol. The quantitative estimate of drug-likeness (QED) is 0.948. The Balaban J connectivity index is 2.36. The number of hydrogen-bond donors (Lipinski definition) is 1. The smallest absolute Gasteiger partial charge is 0.142 e. The summed E-state index contributed by atoms with van der Waals surface area (Å²) in [5.74, 6) is 0.720. The second-order valence-corrected chi connectivity index (χ2v) is 5.54. The van der Waals surface area contributed by atoms with Gasteiger partial charge in [-0.15, -0.1) is 11.3 Å². The van der Waals surface area contributed by atoms with E-state index in [0.717, 1.165) is 20.8 Å². The predicted molar refractivity (Wildman–Crippen MR) is 68.8 cm³/mol. The Bertz CT molecular complexity index is 486. The molecule has 84 valence electrons. The standard InChI is InChI=1S/C11H11BrN2OS/c1-15-8-3-2-4-14-11(8)10(13)7-5-9(12)16-6-7/h2-6,10H,13H2,1H3. The third kappa shape index (κ3) is 2.26. The van der Waals surface area contributed by atoms with Gasteiger partial charge in [0.05, 0.1) is 16.9 Å². The average molecular weight is 299 g/mol. The minimum absolute atomic E-state index is 0.251. The SMILES string of the molecule is COc1cccnc1C(N)c1csc(Br)c1. The van der Waals surface area contributed by atoms with Crippen LogP contribution in [-0.2, 0) is 0 Å². The van der Waals surface area contributed by atoms with Crippen LogP contribution in [0.1, 0.15) is 17.3 Å². The molecule has 16 heavy (non-hydrogen) atoms. The molecule has 2 aromatic heterocycles. The van der Waals surface area contributed by atoms with Crippen molar-refractivity contribution in [1.29, 1.82) is 0 Å². The Morgan fingerprint density at radius 3 is 3.00 bits per heavy atom. The Morgan fingerprint density at radius 2 is 2.38 bits per heavy atom. The molecule has 0 aliphatic rings. The van der Waals surface area contributed by atoms with Crippen LogP contribution in [0.4, 0.5) is 0 Å². The zero-order valence-electron chi connectivity index (χ0n) is 8.68. The number of nitrogens with zero attached hydrogens (tertiary/aromatic N) is 1. The lowest BCUT2D eigenvalue weighted by atomic mass is 10.1. The number of methoxy groups -OCH3 is 1. The number of rotatable bonds is 3. The highest BCUT2D eigenvalue weighted by Crippen LogP contribution is 2.30. The van der Waals surface area contributed by atoms with Gasteiger partial charge in [-0.3, -0.25) is 4.98 Å². The molecule has 5 heteroatoms. The number of nitrogens with two attached hydrogens (primary N) is 1. The summed E-state index contributed by atoms with van der Waals surface area (Å²) in [7, 11) is 1.62. The van der Waals surface area contributed by atoms with Crippen LogP contribution in [0.3, 0.4) is 0 Å². The number of pyridine rings is 1. The van der Waals surface area contributed by atoms with Crippen LogP contribution in [0, 0.1) is 0 Å². The Hall–Kier alpha value is -0.910. The van der Waals surface area contributed by atoms with E-state index in [4.69, 9.17) is 10.5 Å². The van der Waals surface area contributed by atoms with Gasteiger partial charge in [0.1, 0.15) is 11.4 Å². The van der Waals surface area contributed by atoms with Gasteiger partial charge in [-0.25, -0.2) is 0 Å². The third-order valence-electron chi connectivity index (χ3n) is 2.26. The molecule has 0 aromatic carbocycles. The molecule has 0 amide bonds. The highest BCUT2D eigenvalue weighted by molar-refractivity contribution is 9.11. The van der Waals surface area contributed by atoms with Crippen LogP contribution in [0.15, 0.2) is 33.6 Å². The van der Waals surface area contributed by atoms with E-state index in [1.54, 1.807) is 24.6 Å². The number of halogens is 1. The first-order valence-corrected chi connectivity index (χ1v) is 6.38. The first-order valence-electron chi connectivity index (χ1n) is 4.71. The number of ether oxygens (including phenoxy) is 1. The average Bonchev–Trinajstić information content (AvgIpc) is 2.75. The van der Waals surface area contributed by atoms with Crippen molar-refractivity contribution in [2.75, 3.05) is 7.11 Å². The van der Waals surface area contributed by atoms with Gasteiger partial charge in [0.15, 0.2) is 0 Å². The van der Waals surface area contributed by atoms with Gasteiger partial charge >= 0.3 is 0 Å². The first kappa shape index (κ1) is 11.6. The minimum atomic E-state index is -0.251. The second-order valence-electron chi connectivity index (χ2n) is 3.25. The van der Waals surface area contributed by atoms with Crippen LogP contribution in [0.25, 0.3) is 0 Å². The van der Waals surface area contributed by atoms with Gasteiger partial charge in [0.2, 0.25) is 0 Å². The van der Waals surface area contributed by atoms with Crippen molar-refractivity contribution in [1.82, 2.24) is 4.98 Å². The molecule has 2 aromatic rings. The zero-order valence-corrected chi connectivity index (χ0v) is 11.1. The van der Waals surface area contributed by atoms with Gasteiger partial charge in [-0.1, -0.05) is 0 Å². The zero-order chi connectivity index (χ0) is 11.5. The van der Waals surface area contributed by atoms with E-state index in [-0.39, 0.29) is 6.04 Å². The molecule has 3 nitrogen and oxygen atoms in total. The fraction of sp³-hybridized carbons (Fsp3) is 0.182. The fourth-order valence-electron chi connectivity index (χ4n) is 1.45. The number of hydrogen-bond acceptors (Lipinski definition) is 4. The molecule has 0 saturated heterocycles. The Labute approximate surface area is 106 Å². The normalized spacial score (nSPS) is 12.4. The van der Waals surface area contributed by atoms with Crippen molar-refractivity contribution in [3.63, 3.8) is 0 Å². The largest absolute Gasteiger partial charge is 0.495 e. The summed E-state index contributed by atoms with van der Waals surface area (Å²) in [6.45, 7) is 0. The molecule has 0 bridgehead atoms. The van der Waals surface area contributed by atoms with Crippen molar-refractivity contribution in [2.24, 2.45) is 5.73 Å². The van der Waals surface area contributed by atoms with Crippen molar-refractivity contribution in [3.8, 4) is 5.75 Å². The predicted octanol–water partition coefficient (Wildman–Crippen LogP) is 2.96. The Kier molecular flexibility index (Phi) is 3.58. The van der Waals surface area contributed by atoms with Crippen LogP contribution in [0.5, 0.6) is 5.75 Å². The topological polar surface area (TPSA) is 48.1 Å². The second kappa shape index (κ2) is 4.95. The monoisotopic (exact) mass is 298 g/mol. The maximum Gasteiger partial charge on any atom is 0.142 e. The summed E-state index contributed by atoms with van der Waals surface area (Å²) in [5, 5.41) is 2.02. The fourth-order valence-corrected chi connectivity index (χ4v) is 2.67. The molecular formula is C11H11BrN2OS. The van der Waals surface area contributed by atoms with E-state index < -0.39 is 0 Å². The van der Waals surface area contributed by atoms with E-state index >= 15 is 0 Å². The summed E-state index contributed by atoms with van der Waals surface area (Å²) < 4.78 is 6.31. The third-order valence-corrected chi connectivity index (χ3v) is 3.78. The number of aromatic nitrogens is 1. The molecule has 0 aliphatic heterocycles. The van der Waals surface area contributed by atoms with E-state index in [2.05, 4.69) is 20.9 Å². The molecule has 2 rings (SSSR count). The van der Waals surface area contributed by atoms with E-state index in [1.807, 2.05) is 23.6 Å². The summed E-state index contributed by atoms with van der Waals surface area (Å²) in [6.07, 6.45) is 1.72. The summed E-state index contributed by atoms with van der Waals surface area (Å²) in [6, 6.07) is 5.45. The summed E-state index contributed by atoms with van der Waals surface area (Å²) in [4.78, 5) is 4.27. The van der Waals surface area contributed by atoms with E-state index in [0.29, 0.717) is 0 Å². The van der Waals surface area contributed by atoms with E-state index in [1.165, 1.54) is 0 Å². The van der Waals surface area contributed by atoms with Crippen molar-refractivity contribution < 1.29 is 4.74 Å². The molecule has 1 unspecified atom stereocenters. The molecule has 2 heterocycles. The summed E-state index contributed by atoms with van der Waals surface area (Å²) >= 11 is 5.03. The molecule has 1 atom stereocenters. The minimum Gasteiger partial charge on any atom is -0.495 e. The van der Waals surface area contributed by atoms with Gasteiger partial charge in [-0.05, 0) is 45.1 Å². The van der Waals surface area contributed by atoms with Crippen LogP contribution >= 0.6 is 27.3 Å². The Morgan fingerprint density at radius 1 is 1.56 bits per heavy atom. The maximum atomic E-state index is 6.15. The lowest BCUT2D eigenvalue weighted by Crippen LogP contribution is -2.13. The maximum absolute atomic E-state index is 6.15. The lowest BCUT2D eigenvalue weighted by molar-refractivity contribution is 0.404. The summed E-state index contributed by atoms with van der Waals surface area (Å²) in [5.41, 5.74) is 7.94. The van der Waals surface area contributed by atoms with Gasteiger partial charge in [0, 0.05) is 6.20 Å². The molecule has 0 aliphatic carbocycles. The first-order chi connectivity index (χ1) is 7.72. The lowest BCUT2D eigenvalue weighted by Gasteiger charge is -2.12. The van der Waals surface area contributed by atoms with Crippen LogP contribution in [-0.4, -0.2) is 12.1 Å². The van der Waals surface area contributed by atoms with Gasteiger partial charge < -0.3 is 10.5 Å².